The van der Waals surface area contributed by atoms with E-state index in [-0.39, 0.29) is 18.4 Å². The normalized spacial score (nSPS) is 11.9. The van der Waals surface area contributed by atoms with Crippen molar-refractivity contribution in [3.63, 3.8) is 0 Å². The van der Waals surface area contributed by atoms with Crippen LogP contribution < -0.4 is 11.5 Å². The number of rotatable bonds is 4. The fourth-order valence-electron chi connectivity index (χ4n) is 1.17. The summed E-state index contributed by atoms with van der Waals surface area (Å²) in [4.78, 5) is 4.11. The molecule has 1 atom stereocenters. The monoisotopic (exact) mass is 279 g/mol. The summed E-state index contributed by atoms with van der Waals surface area (Å²) < 4.78 is 0.833. The van der Waals surface area contributed by atoms with Crippen LogP contribution in [-0.2, 0) is 0 Å². The van der Waals surface area contributed by atoms with E-state index in [1.54, 1.807) is 6.20 Å². The number of nitrogens with zero attached hydrogens (tertiary/aromatic N) is 1. The minimum absolute atomic E-state index is 0. The molecule has 0 aliphatic rings. The highest BCUT2D eigenvalue weighted by molar-refractivity contribution is 9.10. The Kier molecular flexibility index (Phi) is 7.09. The van der Waals surface area contributed by atoms with Crippen LogP contribution in [0, 0.1) is 0 Å². The second-order valence-electron chi connectivity index (χ2n) is 2.92. The average Bonchev–Trinajstić information content (AvgIpc) is 2.15. The van der Waals surface area contributed by atoms with E-state index < -0.39 is 0 Å². The lowest BCUT2D eigenvalue weighted by Gasteiger charge is -2.11. The molecule has 0 aliphatic heterocycles. The molecular formula is C9H15BrClN3. The lowest BCUT2D eigenvalue weighted by atomic mass is 10.1. The second kappa shape index (κ2) is 7.17. The van der Waals surface area contributed by atoms with Gasteiger partial charge in [-0.3, -0.25) is 0 Å². The molecule has 0 fully saturated rings. The molecule has 0 saturated heterocycles. The molecule has 0 amide bonds. The van der Waals surface area contributed by atoms with Crippen LogP contribution in [0.25, 0.3) is 0 Å². The Morgan fingerprint density at radius 3 is 2.79 bits per heavy atom. The van der Waals surface area contributed by atoms with Crippen LogP contribution >= 0.6 is 28.3 Å². The molecule has 0 saturated carbocycles. The Labute approximate surface area is 98.8 Å². The fraction of sp³-hybridized carbons (Fsp3) is 0.444. The van der Waals surface area contributed by atoms with E-state index in [0.717, 1.165) is 23.0 Å². The maximum atomic E-state index is 5.96. The van der Waals surface area contributed by atoms with Gasteiger partial charge in [0.05, 0.1) is 0 Å². The van der Waals surface area contributed by atoms with E-state index in [0.29, 0.717) is 6.54 Å². The standard InChI is InChI=1S/C9H14BrN3.ClH/c10-9-7(3-2-6-13-9)8(12)4-1-5-11;/h2-3,6,8H,1,4-5,11-12H2;1H/t8-;/m0./s1. The van der Waals surface area contributed by atoms with Gasteiger partial charge in [-0.25, -0.2) is 4.98 Å². The van der Waals surface area contributed by atoms with Crippen molar-refractivity contribution in [2.24, 2.45) is 11.5 Å². The van der Waals surface area contributed by atoms with Gasteiger partial charge in [-0.05, 0) is 41.4 Å². The number of nitrogens with two attached hydrogens (primary N) is 2. The van der Waals surface area contributed by atoms with Gasteiger partial charge in [-0.1, -0.05) is 6.07 Å². The van der Waals surface area contributed by atoms with E-state index in [1.165, 1.54) is 0 Å². The van der Waals surface area contributed by atoms with Crippen molar-refractivity contribution >= 4 is 28.3 Å². The van der Waals surface area contributed by atoms with Crippen molar-refractivity contribution in [3.05, 3.63) is 28.5 Å². The van der Waals surface area contributed by atoms with Crippen molar-refractivity contribution in [2.75, 3.05) is 6.54 Å². The Morgan fingerprint density at radius 2 is 2.21 bits per heavy atom. The summed E-state index contributed by atoms with van der Waals surface area (Å²) in [5.41, 5.74) is 12.4. The summed E-state index contributed by atoms with van der Waals surface area (Å²) in [6, 6.07) is 3.91. The van der Waals surface area contributed by atoms with Gasteiger partial charge in [-0.2, -0.15) is 0 Å². The number of aromatic nitrogens is 1. The predicted octanol–water partition coefficient (Wildman–Crippen LogP) is 2.00. The van der Waals surface area contributed by atoms with E-state index in [1.807, 2.05) is 12.1 Å². The maximum absolute atomic E-state index is 5.96. The zero-order valence-electron chi connectivity index (χ0n) is 7.82. The third kappa shape index (κ3) is 3.92. The lowest BCUT2D eigenvalue weighted by Crippen LogP contribution is -2.13. The van der Waals surface area contributed by atoms with E-state index in [9.17, 15) is 0 Å². The first-order valence-corrected chi connectivity index (χ1v) is 5.11. The van der Waals surface area contributed by atoms with Crippen molar-refractivity contribution in [1.82, 2.24) is 4.98 Å². The van der Waals surface area contributed by atoms with E-state index >= 15 is 0 Å². The molecule has 14 heavy (non-hydrogen) atoms. The fourth-order valence-corrected chi connectivity index (χ4v) is 1.71. The molecule has 0 unspecified atom stereocenters. The molecule has 80 valence electrons. The average molecular weight is 281 g/mol. The zero-order valence-corrected chi connectivity index (χ0v) is 10.2. The van der Waals surface area contributed by atoms with Gasteiger partial charge in [0.15, 0.2) is 0 Å². The maximum Gasteiger partial charge on any atom is 0.110 e. The summed E-state index contributed by atoms with van der Waals surface area (Å²) in [5.74, 6) is 0. The first-order chi connectivity index (χ1) is 6.25. The summed E-state index contributed by atoms with van der Waals surface area (Å²) in [6.07, 6.45) is 3.59. The third-order valence-electron chi connectivity index (χ3n) is 1.91. The van der Waals surface area contributed by atoms with Crippen LogP contribution in [0.3, 0.4) is 0 Å². The molecule has 1 aromatic rings. The van der Waals surface area contributed by atoms with Gasteiger partial charge in [-0.15, -0.1) is 12.4 Å². The molecule has 3 nitrogen and oxygen atoms in total. The van der Waals surface area contributed by atoms with Crippen molar-refractivity contribution in [3.8, 4) is 0 Å². The summed E-state index contributed by atoms with van der Waals surface area (Å²) in [7, 11) is 0. The minimum atomic E-state index is 0. The topological polar surface area (TPSA) is 64.9 Å². The van der Waals surface area contributed by atoms with E-state index in [2.05, 4.69) is 20.9 Å². The number of hydrogen-bond acceptors (Lipinski definition) is 3. The zero-order chi connectivity index (χ0) is 9.68. The van der Waals surface area contributed by atoms with Crippen LogP contribution in [0.15, 0.2) is 22.9 Å². The quantitative estimate of drug-likeness (QED) is 0.829. The highest BCUT2D eigenvalue weighted by atomic mass is 79.9. The first kappa shape index (κ1) is 13.8. The van der Waals surface area contributed by atoms with Crippen molar-refractivity contribution < 1.29 is 0 Å². The molecule has 0 spiro atoms. The molecule has 1 heterocycles. The lowest BCUT2D eigenvalue weighted by molar-refractivity contribution is 0.613. The highest BCUT2D eigenvalue weighted by Crippen LogP contribution is 2.21. The van der Waals surface area contributed by atoms with Crippen LogP contribution in [0.2, 0.25) is 0 Å². The molecule has 0 bridgehead atoms. The summed E-state index contributed by atoms with van der Waals surface area (Å²) >= 11 is 3.37. The smallest absolute Gasteiger partial charge is 0.110 e. The van der Waals surface area contributed by atoms with Crippen LogP contribution in [-0.4, -0.2) is 11.5 Å². The second-order valence-corrected chi connectivity index (χ2v) is 3.67. The van der Waals surface area contributed by atoms with Crippen molar-refractivity contribution in [1.29, 1.82) is 0 Å². The molecule has 0 aromatic carbocycles. The molecule has 4 N–H and O–H groups in total. The number of halogens is 2. The van der Waals surface area contributed by atoms with Crippen LogP contribution in [0.5, 0.6) is 0 Å². The molecule has 0 aliphatic carbocycles. The molecule has 0 radical (unpaired) electrons. The van der Waals surface area contributed by atoms with E-state index in [4.69, 9.17) is 11.5 Å². The number of hydrogen-bond donors (Lipinski definition) is 2. The molecule has 1 rings (SSSR count). The SMILES string of the molecule is Cl.NCCC[C@H](N)c1cccnc1Br. The Balaban J connectivity index is 0.00000169. The highest BCUT2D eigenvalue weighted by Gasteiger charge is 2.08. The predicted molar refractivity (Wildman–Crippen MR) is 64.4 cm³/mol. The van der Waals surface area contributed by atoms with Gasteiger partial charge < -0.3 is 11.5 Å². The van der Waals surface area contributed by atoms with Crippen LogP contribution in [0.4, 0.5) is 0 Å². The minimum Gasteiger partial charge on any atom is -0.330 e. The van der Waals surface area contributed by atoms with Gasteiger partial charge in [0.25, 0.3) is 0 Å². The molecule has 5 heteroatoms. The summed E-state index contributed by atoms with van der Waals surface area (Å²) in [5, 5.41) is 0. The van der Waals surface area contributed by atoms with Gasteiger partial charge in [0.1, 0.15) is 4.60 Å². The summed E-state index contributed by atoms with van der Waals surface area (Å²) in [6.45, 7) is 0.686. The van der Waals surface area contributed by atoms with Gasteiger partial charge >= 0.3 is 0 Å². The molecule has 1 aromatic heterocycles. The van der Waals surface area contributed by atoms with Crippen molar-refractivity contribution in [2.45, 2.75) is 18.9 Å². The Hall–Kier alpha value is -0.160. The van der Waals surface area contributed by atoms with Crippen LogP contribution in [0.1, 0.15) is 24.4 Å². The van der Waals surface area contributed by atoms with Gasteiger partial charge in [0.2, 0.25) is 0 Å². The first-order valence-electron chi connectivity index (χ1n) is 4.31. The third-order valence-corrected chi connectivity index (χ3v) is 2.57. The Morgan fingerprint density at radius 1 is 1.50 bits per heavy atom. The van der Waals surface area contributed by atoms with Gasteiger partial charge in [0, 0.05) is 17.8 Å². The largest absolute Gasteiger partial charge is 0.330 e. The molecular weight excluding hydrogens is 265 g/mol. The number of pyridine rings is 1. The Bertz CT molecular complexity index is 270.